The van der Waals surface area contributed by atoms with Crippen LogP contribution in [0.2, 0.25) is 0 Å². The highest BCUT2D eigenvalue weighted by atomic mass is 32.1. The van der Waals surface area contributed by atoms with Gasteiger partial charge in [0, 0.05) is 11.1 Å². The second-order valence-corrected chi connectivity index (χ2v) is 13.0. The summed E-state index contributed by atoms with van der Waals surface area (Å²) < 4.78 is 6.91. The number of nitrogens with zero attached hydrogens (tertiary/aromatic N) is 6. The zero-order valence-electron chi connectivity index (χ0n) is 18.5. The van der Waals surface area contributed by atoms with Crippen molar-refractivity contribution in [2.24, 2.45) is 0 Å². The van der Waals surface area contributed by atoms with E-state index in [0.717, 1.165) is 74.4 Å². The van der Waals surface area contributed by atoms with E-state index >= 15 is 0 Å². The lowest BCUT2D eigenvalue weighted by Crippen LogP contribution is -1.89. The molecule has 0 aliphatic rings. The van der Waals surface area contributed by atoms with Crippen LogP contribution < -0.4 is 0 Å². The van der Waals surface area contributed by atoms with Crippen LogP contribution in [0.25, 0.3) is 83.8 Å². The molecule has 11 heteroatoms. The molecule has 0 aliphatic carbocycles. The monoisotopic (exact) mass is 566 g/mol. The molecule has 0 saturated carbocycles. The van der Waals surface area contributed by atoms with E-state index < -0.39 is 0 Å². The van der Waals surface area contributed by atoms with Crippen LogP contribution in [-0.4, -0.2) is 29.9 Å². The van der Waals surface area contributed by atoms with Gasteiger partial charge in [0.15, 0.2) is 0 Å². The van der Waals surface area contributed by atoms with Gasteiger partial charge in [-0.25, -0.2) is 29.9 Å². The van der Waals surface area contributed by atoms with Crippen molar-refractivity contribution >= 4 is 118 Å². The molecule has 0 unspecified atom stereocenters. The Morgan fingerprint density at radius 1 is 0.459 bits per heavy atom. The number of hydrogen-bond acceptors (Lipinski definition) is 11. The van der Waals surface area contributed by atoms with Crippen molar-refractivity contribution in [3.63, 3.8) is 0 Å². The minimum absolute atomic E-state index is 0.885. The minimum Gasteiger partial charge on any atom is -0.245 e. The Bertz CT molecular complexity index is 2170. The molecule has 0 radical (unpaired) electrons. The lowest BCUT2D eigenvalue weighted by molar-refractivity contribution is 1.37. The van der Waals surface area contributed by atoms with Gasteiger partial charge in [-0.2, -0.15) is 0 Å². The summed E-state index contributed by atoms with van der Waals surface area (Å²) in [6.07, 6.45) is 0. The fraction of sp³-hybridized carbons (Fsp3) is 0. The summed E-state index contributed by atoms with van der Waals surface area (Å²) in [5.74, 6) is 0. The predicted molar refractivity (Wildman–Crippen MR) is 159 cm³/mol. The van der Waals surface area contributed by atoms with Crippen molar-refractivity contribution in [2.45, 2.75) is 0 Å². The first kappa shape index (κ1) is 20.6. The molecule has 0 atom stereocenters. The quantitative estimate of drug-likeness (QED) is 0.208. The van der Waals surface area contributed by atoms with E-state index in [2.05, 4.69) is 56.3 Å². The van der Waals surface area contributed by atoms with Crippen molar-refractivity contribution in [3.8, 4) is 22.5 Å². The van der Waals surface area contributed by atoms with Crippen LogP contribution in [0.3, 0.4) is 0 Å². The number of aromatic nitrogens is 6. The summed E-state index contributed by atoms with van der Waals surface area (Å²) in [4.78, 5) is 28.8. The Hall–Kier alpha value is -3.48. The molecule has 0 amide bonds. The number of hydrogen-bond donors (Lipinski definition) is 0. The molecular weight excluding hydrogens is 557 g/mol. The average Bonchev–Trinajstić information content (AvgIpc) is 3.75. The fourth-order valence-corrected chi connectivity index (χ4v) is 9.35. The maximum absolute atomic E-state index is 5.15. The van der Waals surface area contributed by atoms with E-state index in [1.807, 2.05) is 22.0 Å². The third-order valence-corrected chi connectivity index (χ3v) is 11.3. The Labute approximate surface area is 227 Å². The van der Waals surface area contributed by atoms with Gasteiger partial charge in [0.1, 0.15) is 11.0 Å². The van der Waals surface area contributed by atoms with E-state index in [1.165, 1.54) is 9.40 Å². The Kier molecular flexibility index (Phi) is 4.18. The van der Waals surface area contributed by atoms with Gasteiger partial charge in [0.05, 0.1) is 83.7 Å². The average molecular weight is 567 g/mol. The van der Waals surface area contributed by atoms with Crippen LogP contribution in [0.1, 0.15) is 0 Å². The van der Waals surface area contributed by atoms with E-state index in [9.17, 15) is 0 Å². The molecule has 0 saturated heterocycles. The third kappa shape index (κ3) is 2.88. The van der Waals surface area contributed by atoms with Crippen molar-refractivity contribution in [3.05, 3.63) is 58.4 Å². The van der Waals surface area contributed by atoms with Crippen molar-refractivity contribution in [2.75, 3.05) is 0 Å². The summed E-state index contributed by atoms with van der Waals surface area (Å²) in [6.45, 7) is 0. The van der Waals surface area contributed by atoms with Crippen molar-refractivity contribution in [1.82, 2.24) is 29.9 Å². The second kappa shape index (κ2) is 7.53. The molecule has 0 spiro atoms. The van der Waals surface area contributed by atoms with E-state index in [1.54, 1.807) is 56.7 Å². The van der Waals surface area contributed by atoms with Gasteiger partial charge in [0.25, 0.3) is 0 Å². The van der Waals surface area contributed by atoms with E-state index in [4.69, 9.17) is 9.97 Å². The normalized spacial score (nSPS) is 12.3. The molecule has 7 heterocycles. The van der Waals surface area contributed by atoms with Crippen LogP contribution in [0.15, 0.2) is 58.4 Å². The lowest BCUT2D eigenvalue weighted by atomic mass is 10.1. The number of pyridine rings is 2. The maximum atomic E-state index is 5.15. The van der Waals surface area contributed by atoms with Gasteiger partial charge in [0.2, 0.25) is 0 Å². The summed E-state index contributed by atoms with van der Waals surface area (Å²) in [5.41, 5.74) is 17.1. The number of benzene rings is 2. The Morgan fingerprint density at radius 2 is 0.919 bits per heavy atom. The van der Waals surface area contributed by atoms with Gasteiger partial charge in [-0.1, -0.05) is 0 Å². The number of thiazole rings is 4. The van der Waals surface area contributed by atoms with Crippen molar-refractivity contribution in [1.29, 1.82) is 0 Å². The van der Waals surface area contributed by atoms with E-state index in [0.29, 0.717) is 0 Å². The van der Waals surface area contributed by atoms with Gasteiger partial charge >= 0.3 is 0 Å². The zero-order chi connectivity index (χ0) is 24.1. The lowest BCUT2D eigenvalue weighted by Gasteiger charge is -2.05. The Morgan fingerprint density at radius 3 is 1.43 bits per heavy atom. The van der Waals surface area contributed by atoms with Gasteiger partial charge in [-0.15, -0.1) is 56.7 Å². The molecule has 37 heavy (non-hydrogen) atoms. The molecule has 9 rings (SSSR count). The predicted octanol–water partition coefficient (Wildman–Crippen LogP) is 8.62. The second-order valence-electron chi connectivity index (χ2n) is 8.50. The fourth-order valence-electron chi connectivity index (χ4n) is 4.87. The first-order valence-electron chi connectivity index (χ1n) is 11.2. The number of rotatable bonds is 2. The van der Waals surface area contributed by atoms with Gasteiger partial charge in [-0.3, -0.25) is 0 Å². The van der Waals surface area contributed by atoms with Gasteiger partial charge < -0.3 is 0 Å². The molecule has 6 nitrogen and oxygen atoms in total. The molecule has 9 aromatic rings. The summed E-state index contributed by atoms with van der Waals surface area (Å²) in [7, 11) is 0. The topological polar surface area (TPSA) is 77.3 Å². The smallest absolute Gasteiger partial charge is 0.108 e. The van der Waals surface area contributed by atoms with Crippen LogP contribution >= 0.6 is 56.7 Å². The van der Waals surface area contributed by atoms with E-state index in [-0.39, 0.29) is 0 Å². The molecule has 174 valence electrons. The third-order valence-electron chi connectivity index (χ3n) is 6.52. The number of fused-ring (bicyclic) bond motifs is 9. The molecule has 0 N–H and O–H groups in total. The molecular formula is C26H10N6S5. The van der Waals surface area contributed by atoms with Crippen LogP contribution in [0, 0.1) is 0 Å². The van der Waals surface area contributed by atoms with Crippen LogP contribution in [0.4, 0.5) is 0 Å². The molecule has 0 bridgehead atoms. The van der Waals surface area contributed by atoms with Crippen LogP contribution in [-0.2, 0) is 0 Å². The molecule has 2 aromatic carbocycles. The molecule has 7 aromatic heterocycles. The minimum atomic E-state index is 0.885. The Balaban J connectivity index is 1.29. The highest BCUT2D eigenvalue weighted by Crippen LogP contribution is 2.41. The highest BCUT2D eigenvalue weighted by molar-refractivity contribution is 7.26. The van der Waals surface area contributed by atoms with Gasteiger partial charge in [-0.05, 0) is 36.4 Å². The van der Waals surface area contributed by atoms with Crippen molar-refractivity contribution < 1.29 is 0 Å². The first-order valence-corrected chi connectivity index (χ1v) is 15.6. The SMILES string of the molecule is c1nc2cc(-c3ccc4sc5ccc(-c6cc7ncsc7c7scnc67)nc5c4n3)c3ncsc3c2s1. The molecule has 0 aliphatic heterocycles. The number of thiophene rings is 1. The largest absolute Gasteiger partial charge is 0.245 e. The summed E-state index contributed by atoms with van der Waals surface area (Å²) in [6, 6.07) is 12.7. The summed E-state index contributed by atoms with van der Waals surface area (Å²) in [5, 5.41) is 0. The highest BCUT2D eigenvalue weighted by Gasteiger charge is 2.18. The molecule has 0 fully saturated rings. The summed E-state index contributed by atoms with van der Waals surface area (Å²) >= 11 is 8.33. The standard InChI is InChI=1S/C26H10N6S5/c1-3-17-21(31-13(1)11-5-15-23(33-7-27-15)25-19(11)29-9-35-25)22-18(37-17)4-2-14(32-22)12-6-16-24(34-8-28-16)26-20(12)30-10-36-26/h1-10H. The zero-order valence-corrected chi connectivity index (χ0v) is 22.6. The van der Waals surface area contributed by atoms with Crippen LogP contribution in [0.5, 0.6) is 0 Å². The maximum Gasteiger partial charge on any atom is 0.108 e. The first-order chi connectivity index (χ1) is 18.3.